The SMILES string of the molecule is CCCn1cc(Cl)cc1C(=O)NC(C)c1ccc(N)cc1. The number of aromatic nitrogens is 1. The van der Waals surface area contributed by atoms with Gasteiger partial charge in [-0.05, 0) is 37.1 Å². The second-order valence-corrected chi connectivity index (χ2v) is 5.54. The first-order valence-electron chi connectivity index (χ1n) is 7.03. The molecular weight excluding hydrogens is 286 g/mol. The lowest BCUT2D eigenvalue weighted by molar-refractivity contribution is 0.0930. The fourth-order valence-corrected chi connectivity index (χ4v) is 2.45. The number of rotatable bonds is 5. The molecule has 0 saturated heterocycles. The average Bonchev–Trinajstić information content (AvgIpc) is 2.81. The van der Waals surface area contributed by atoms with Crippen LogP contribution >= 0.6 is 11.6 Å². The second-order valence-electron chi connectivity index (χ2n) is 5.10. The number of benzene rings is 1. The van der Waals surface area contributed by atoms with Gasteiger partial charge in [0.05, 0.1) is 11.1 Å². The molecule has 0 bridgehead atoms. The summed E-state index contributed by atoms with van der Waals surface area (Å²) in [6, 6.07) is 9.09. The van der Waals surface area contributed by atoms with Crippen LogP contribution in [0.3, 0.4) is 0 Å². The van der Waals surface area contributed by atoms with Crippen LogP contribution in [0.1, 0.15) is 42.4 Å². The molecule has 21 heavy (non-hydrogen) atoms. The molecule has 0 aliphatic carbocycles. The third-order valence-corrected chi connectivity index (χ3v) is 3.55. The molecule has 1 atom stereocenters. The Morgan fingerprint density at radius 3 is 2.67 bits per heavy atom. The van der Waals surface area contributed by atoms with Crippen molar-refractivity contribution in [2.45, 2.75) is 32.9 Å². The molecule has 112 valence electrons. The fraction of sp³-hybridized carbons (Fsp3) is 0.312. The minimum Gasteiger partial charge on any atom is -0.399 e. The molecule has 2 aromatic rings. The summed E-state index contributed by atoms with van der Waals surface area (Å²) < 4.78 is 1.88. The van der Waals surface area contributed by atoms with Gasteiger partial charge < -0.3 is 15.6 Å². The highest BCUT2D eigenvalue weighted by Crippen LogP contribution is 2.18. The zero-order valence-corrected chi connectivity index (χ0v) is 13.0. The molecule has 1 heterocycles. The number of carbonyl (C=O) groups is 1. The minimum atomic E-state index is -0.125. The average molecular weight is 306 g/mol. The Kier molecular flexibility index (Phi) is 4.91. The van der Waals surface area contributed by atoms with Crippen molar-refractivity contribution in [3.05, 3.63) is 52.8 Å². The van der Waals surface area contributed by atoms with E-state index in [4.69, 9.17) is 17.3 Å². The summed E-state index contributed by atoms with van der Waals surface area (Å²) in [5.41, 5.74) is 7.98. The zero-order valence-electron chi connectivity index (χ0n) is 12.3. The lowest BCUT2D eigenvalue weighted by atomic mass is 10.1. The van der Waals surface area contributed by atoms with Gasteiger partial charge in [-0.1, -0.05) is 30.7 Å². The van der Waals surface area contributed by atoms with E-state index in [1.807, 2.05) is 35.8 Å². The number of anilines is 1. The Morgan fingerprint density at radius 2 is 2.05 bits per heavy atom. The Labute approximate surface area is 129 Å². The molecule has 1 aromatic carbocycles. The molecule has 0 aliphatic heterocycles. The molecule has 3 N–H and O–H groups in total. The molecule has 1 aromatic heterocycles. The van der Waals surface area contributed by atoms with Gasteiger partial charge in [0, 0.05) is 18.4 Å². The first-order chi connectivity index (χ1) is 10.0. The number of nitrogens with two attached hydrogens (primary N) is 1. The smallest absolute Gasteiger partial charge is 0.268 e. The molecule has 0 saturated carbocycles. The summed E-state index contributed by atoms with van der Waals surface area (Å²) in [4.78, 5) is 12.4. The van der Waals surface area contributed by atoms with Gasteiger partial charge in [0.1, 0.15) is 5.69 Å². The quantitative estimate of drug-likeness (QED) is 0.829. The number of nitrogens with zero attached hydrogens (tertiary/aromatic N) is 1. The highest BCUT2D eigenvalue weighted by molar-refractivity contribution is 6.31. The third-order valence-electron chi connectivity index (χ3n) is 3.34. The predicted molar refractivity (Wildman–Crippen MR) is 86.5 cm³/mol. The lowest BCUT2D eigenvalue weighted by Gasteiger charge is -2.15. The molecule has 2 rings (SSSR count). The molecule has 0 fully saturated rings. The second kappa shape index (κ2) is 6.68. The van der Waals surface area contributed by atoms with Crippen molar-refractivity contribution in [3.8, 4) is 0 Å². The van der Waals surface area contributed by atoms with Crippen molar-refractivity contribution >= 4 is 23.2 Å². The van der Waals surface area contributed by atoms with Crippen molar-refractivity contribution < 1.29 is 4.79 Å². The third kappa shape index (κ3) is 3.79. The van der Waals surface area contributed by atoms with Crippen molar-refractivity contribution in [2.24, 2.45) is 0 Å². The predicted octanol–water partition coefficient (Wildman–Crippen LogP) is 3.62. The van der Waals surface area contributed by atoms with Gasteiger partial charge in [-0.3, -0.25) is 4.79 Å². The molecule has 5 heteroatoms. The van der Waals surface area contributed by atoms with Gasteiger partial charge in [0.25, 0.3) is 5.91 Å². The maximum absolute atomic E-state index is 12.4. The van der Waals surface area contributed by atoms with Crippen LogP contribution < -0.4 is 11.1 Å². The van der Waals surface area contributed by atoms with E-state index in [1.165, 1.54) is 0 Å². The maximum atomic E-state index is 12.4. The van der Waals surface area contributed by atoms with Crippen LogP contribution in [-0.4, -0.2) is 10.5 Å². The van der Waals surface area contributed by atoms with Crippen LogP contribution in [0.25, 0.3) is 0 Å². The molecular formula is C16H20ClN3O. The van der Waals surface area contributed by atoms with E-state index in [9.17, 15) is 4.79 Å². The summed E-state index contributed by atoms with van der Waals surface area (Å²) in [6.45, 7) is 4.77. The number of nitrogens with one attached hydrogen (secondary N) is 1. The molecule has 0 spiro atoms. The van der Waals surface area contributed by atoms with Crippen molar-refractivity contribution in [1.82, 2.24) is 9.88 Å². The monoisotopic (exact) mass is 305 g/mol. The van der Waals surface area contributed by atoms with Gasteiger partial charge in [0.2, 0.25) is 0 Å². The topological polar surface area (TPSA) is 60.0 Å². The van der Waals surface area contributed by atoms with E-state index in [-0.39, 0.29) is 11.9 Å². The highest BCUT2D eigenvalue weighted by Gasteiger charge is 2.16. The summed E-state index contributed by atoms with van der Waals surface area (Å²) in [7, 11) is 0. The Balaban J connectivity index is 2.12. The molecule has 4 nitrogen and oxygen atoms in total. The summed E-state index contributed by atoms with van der Waals surface area (Å²) in [5, 5.41) is 3.56. The number of carbonyl (C=O) groups excluding carboxylic acids is 1. The van der Waals surface area contributed by atoms with Crippen LogP contribution in [0.15, 0.2) is 36.5 Å². The van der Waals surface area contributed by atoms with Gasteiger partial charge in [0.15, 0.2) is 0 Å². The first kappa shape index (κ1) is 15.4. The van der Waals surface area contributed by atoms with Crippen molar-refractivity contribution in [3.63, 3.8) is 0 Å². The zero-order chi connectivity index (χ0) is 15.4. The standard InChI is InChI=1S/C16H20ClN3O/c1-3-8-20-10-13(17)9-15(20)16(21)19-11(2)12-4-6-14(18)7-5-12/h4-7,9-11H,3,8,18H2,1-2H3,(H,19,21). The van der Waals surface area contributed by atoms with Gasteiger partial charge >= 0.3 is 0 Å². The molecule has 1 amide bonds. The number of aryl methyl sites for hydroxylation is 1. The van der Waals surface area contributed by atoms with Gasteiger partial charge in [-0.25, -0.2) is 0 Å². The van der Waals surface area contributed by atoms with Crippen molar-refractivity contribution in [2.75, 3.05) is 5.73 Å². The summed E-state index contributed by atoms with van der Waals surface area (Å²) in [6.07, 6.45) is 2.73. The summed E-state index contributed by atoms with van der Waals surface area (Å²) in [5.74, 6) is -0.125. The fourth-order valence-electron chi connectivity index (χ4n) is 2.23. The van der Waals surface area contributed by atoms with Gasteiger partial charge in [-0.15, -0.1) is 0 Å². The summed E-state index contributed by atoms with van der Waals surface area (Å²) >= 11 is 6.00. The minimum absolute atomic E-state index is 0.0955. The number of hydrogen-bond acceptors (Lipinski definition) is 2. The van der Waals surface area contributed by atoms with E-state index < -0.39 is 0 Å². The van der Waals surface area contributed by atoms with Crippen LogP contribution in [0.2, 0.25) is 5.02 Å². The van der Waals surface area contributed by atoms with Crippen molar-refractivity contribution in [1.29, 1.82) is 0 Å². The normalized spacial score (nSPS) is 12.1. The van der Waals surface area contributed by atoms with Crippen LogP contribution in [-0.2, 0) is 6.54 Å². The van der Waals surface area contributed by atoms with E-state index in [0.29, 0.717) is 16.4 Å². The number of amides is 1. The highest BCUT2D eigenvalue weighted by atomic mass is 35.5. The first-order valence-corrected chi connectivity index (χ1v) is 7.41. The lowest BCUT2D eigenvalue weighted by Crippen LogP contribution is -2.28. The maximum Gasteiger partial charge on any atom is 0.268 e. The van der Waals surface area contributed by atoms with Gasteiger partial charge in [-0.2, -0.15) is 0 Å². The molecule has 0 radical (unpaired) electrons. The van der Waals surface area contributed by atoms with E-state index >= 15 is 0 Å². The number of halogens is 1. The molecule has 1 unspecified atom stereocenters. The number of hydrogen-bond donors (Lipinski definition) is 2. The Morgan fingerprint density at radius 1 is 1.38 bits per heavy atom. The van der Waals surface area contributed by atoms with Crippen LogP contribution in [0.5, 0.6) is 0 Å². The van der Waals surface area contributed by atoms with Crippen LogP contribution in [0.4, 0.5) is 5.69 Å². The number of nitrogen functional groups attached to an aromatic ring is 1. The van der Waals surface area contributed by atoms with E-state index in [2.05, 4.69) is 12.2 Å². The largest absolute Gasteiger partial charge is 0.399 e. The van der Waals surface area contributed by atoms with E-state index in [1.54, 1.807) is 12.3 Å². The van der Waals surface area contributed by atoms with E-state index in [0.717, 1.165) is 18.5 Å². The molecule has 0 aliphatic rings. The Bertz CT molecular complexity index is 619. The Hall–Kier alpha value is -1.94. The van der Waals surface area contributed by atoms with Crippen LogP contribution in [0, 0.1) is 0 Å².